The zero-order chi connectivity index (χ0) is 21.6. The fraction of sp³-hybridized carbons (Fsp3) is 0.652. The van der Waals surface area contributed by atoms with Crippen LogP contribution in [0.4, 0.5) is 20.6 Å². The maximum atomic E-state index is 15.0. The van der Waals surface area contributed by atoms with Crippen LogP contribution in [0, 0.1) is 11.7 Å². The Hall–Kier alpha value is -2.35. The largest absolute Gasteiger partial charge is 0.449 e. The molecule has 3 heterocycles. The smallest absolute Gasteiger partial charge is 0.414 e. The molecule has 3 aliphatic rings. The molecule has 0 bridgehead atoms. The monoisotopic (exact) mass is 433 g/mol. The summed E-state index contributed by atoms with van der Waals surface area (Å²) < 4.78 is 25.4. The molecule has 1 aromatic rings. The molecule has 3 saturated heterocycles. The van der Waals surface area contributed by atoms with Crippen LogP contribution in [0.3, 0.4) is 0 Å². The first-order valence-electron chi connectivity index (χ1n) is 11.4. The van der Waals surface area contributed by atoms with E-state index >= 15 is 0 Å². The summed E-state index contributed by atoms with van der Waals surface area (Å²) in [4.78, 5) is 29.0. The lowest BCUT2D eigenvalue weighted by molar-refractivity contribution is -0.122. The molecule has 0 N–H and O–H groups in total. The van der Waals surface area contributed by atoms with Crippen molar-refractivity contribution in [1.29, 1.82) is 0 Å². The number of piperidine rings is 1. The van der Waals surface area contributed by atoms with E-state index in [1.807, 2.05) is 4.90 Å². The van der Waals surface area contributed by atoms with Crippen molar-refractivity contribution in [3.63, 3.8) is 0 Å². The Balaban J connectivity index is 1.35. The van der Waals surface area contributed by atoms with Crippen LogP contribution in [0.1, 0.15) is 38.5 Å². The van der Waals surface area contributed by atoms with Gasteiger partial charge in [-0.05, 0) is 62.6 Å². The number of amides is 2. The number of rotatable bonds is 7. The first kappa shape index (κ1) is 21.9. The van der Waals surface area contributed by atoms with Gasteiger partial charge < -0.3 is 19.3 Å². The highest BCUT2D eigenvalue weighted by atomic mass is 19.1. The minimum atomic E-state index is -0.416. The lowest BCUT2D eigenvalue weighted by Crippen LogP contribution is -2.41. The van der Waals surface area contributed by atoms with Crippen molar-refractivity contribution in [3.05, 3.63) is 24.0 Å². The van der Waals surface area contributed by atoms with Crippen molar-refractivity contribution < 1.29 is 23.5 Å². The molecular weight excluding hydrogens is 401 g/mol. The maximum absolute atomic E-state index is 15.0. The molecule has 0 aliphatic carbocycles. The second-order valence-electron chi connectivity index (χ2n) is 8.69. The van der Waals surface area contributed by atoms with E-state index in [9.17, 15) is 14.0 Å². The van der Waals surface area contributed by atoms with Gasteiger partial charge >= 0.3 is 6.09 Å². The topological polar surface area (TPSA) is 62.3 Å². The average Bonchev–Trinajstić information content (AvgIpc) is 2.81. The molecule has 1 atom stereocenters. The van der Waals surface area contributed by atoms with Crippen LogP contribution in [-0.2, 0) is 14.3 Å². The predicted octanol–water partition coefficient (Wildman–Crippen LogP) is 3.42. The van der Waals surface area contributed by atoms with Gasteiger partial charge in [0.2, 0.25) is 6.41 Å². The Labute approximate surface area is 183 Å². The normalized spacial score (nSPS) is 22.9. The summed E-state index contributed by atoms with van der Waals surface area (Å²) in [6, 6.07) is 5.28. The number of benzene rings is 1. The van der Waals surface area contributed by atoms with E-state index in [1.54, 1.807) is 12.1 Å². The molecule has 8 heteroatoms. The van der Waals surface area contributed by atoms with Crippen molar-refractivity contribution in [2.24, 2.45) is 5.92 Å². The zero-order valence-electron chi connectivity index (χ0n) is 18.0. The second-order valence-corrected chi connectivity index (χ2v) is 8.69. The predicted molar refractivity (Wildman–Crippen MR) is 116 cm³/mol. The molecule has 3 aliphatic heterocycles. The summed E-state index contributed by atoms with van der Waals surface area (Å²) in [5.41, 5.74) is 1.12. The first-order chi connectivity index (χ1) is 15.2. The number of ether oxygens (including phenoxy) is 2. The number of cyclic esters (lactones) is 1. The molecule has 2 amide bonds. The SMILES string of the molecule is O=CN(CCC1CCCN(c2ccc(N3CCCOC3=O)cc2F)C1)C1CCOCC1. The van der Waals surface area contributed by atoms with Gasteiger partial charge in [0.25, 0.3) is 0 Å². The third-order valence-electron chi connectivity index (χ3n) is 6.67. The number of nitrogens with zero attached hydrogens (tertiary/aromatic N) is 3. The molecule has 31 heavy (non-hydrogen) atoms. The molecular formula is C23H32FN3O4. The molecule has 4 rings (SSSR count). The third-order valence-corrected chi connectivity index (χ3v) is 6.67. The van der Waals surface area contributed by atoms with E-state index < -0.39 is 6.09 Å². The standard InChI is InChI=1S/C23H32FN3O4/c24-21-15-20(27-10-2-12-31-23(27)29)4-5-22(21)25-9-1-3-18(16-25)6-11-26(17-28)19-7-13-30-14-8-19/h4-5,15,17-19H,1-3,6-14,16H2. The number of hydrogen-bond donors (Lipinski definition) is 0. The quantitative estimate of drug-likeness (QED) is 0.617. The summed E-state index contributed by atoms with van der Waals surface area (Å²) in [6.45, 7) is 4.74. The van der Waals surface area contributed by atoms with Gasteiger partial charge in [0.05, 0.1) is 18.0 Å². The highest BCUT2D eigenvalue weighted by Gasteiger charge is 2.26. The minimum absolute atomic E-state index is 0.275. The van der Waals surface area contributed by atoms with E-state index in [0.29, 0.717) is 30.4 Å². The molecule has 7 nitrogen and oxygen atoms in total. The van der Waals surface area contributed by atoms with Crippen molar-refractivity contribution in [2.75, 3.05) is 55.8 Å². The highest BCUT2D eigenvalue weighted by Crippen LogP contribution is 2.31. The fourth-order valence-electron chi connectivity index (χ4n) is 4.90. The fourth-order valence-corrected chi connectivity index (χ4v) is 4.90. The molecule has 170 valence electrons. The van der Waals surface area contributed by atoms with E-state index in [1.165, 1.54) is 11.0 Å². The molecule has 0 aromatic heterocycles. The number of carbonyl (C=O) groups excluding carboxylic acids is 2. The Bertz CT molecular complexity index is 771. The molecule has 0 spiro atoms. The highest BCUT2D eigenvalue weighted by molar-refractivity contribution is 5.88. The van der Waals surface area contributed by atoms with Crippen LogP contribution >= 0.6 is 0 Å². The summed E-state index contributed by atoms with van der Waals surface area (Å²) in [5, 5.41) is 0. The van der Waals surface area contributed by atoms with Crippen LogP contribution in [0.5, 0.6) is 0 Å². The van der Waals surface area contributed by atoms with E-state index in [0.717, 1.165) is 77.8 Å². The lowest BCUT2D eigenvalue weighted by atomic mass is 9.93. The van der Waals surface area contributed by atoms with Crippen LogP contribution < -0.4 is 9.80 Å². The summed E-state index contributed by atoms with van der Waals surface area (Å²) in [7, 11) is 0. The van der Waals surface area contributed by atoms with Crippen molar-refractivity contribution in [3.8, 4) is 0 Å². The van der Waals surface area contributed by atoms with E-state index in [4.69, 9.17) is 9.47 Å². The van der Waals surface area contributed by atoms with Crippen LogP contribution in [-0.4, -0.2) is 69.4 Å². The van der Waals surface area contributed by atoms with Crippen molar-refractivity contribution >= 4 is 23.9 Å². The zero-order valence-corrected chi connectivity index (χ0v) is 18.0. The van der Waals surface area contributed by atoms with Crippen molar-refractivity contribution in [1.82, 2.24) is 4.90 Å². The minimum Gasteiger partial charge on any atom is -0.449 e. The first-order valence-corrected chi connectivity index (χ1v) is 11.4. The van der Waals surface area contributed by atoms with Gasteiger partial charge in [-0.15, -0.1) is 0 Å². The van der Waals surface area contributed by atoms with Gasteiger partial charge in [-0.2, -0.15) is 0 Å². The van der Waals surface area contributed by atoms with Gasteiger partial charge in [-0.25, -0.2) is 9.18 Å². The maximum Gasteiger partial charge on any atom is 0.414 e. The molecule has 1 aromatic carbocycles. The van der Waals surface area contributed by atoms with Crippen LogP contribution in [0.15, 0.2) is 18.2 Å². The number of hydrogen-bond acceptors (Lipinski definition) is 5. The van der Waals surface area contributed by atoms with Gasteiger partial charge in [-0.3, -0.25) is 9.69 Å². The van der Waals surface area contributed by atoms with Gasteiger partial charge in [0.1, 0.15) is 5.82 Å². The van der Waals surface area contributed by atoms with Gasteiger partial charge in [0, 0.05) is 45.4 Å². The van der Waals surface area contributed by atoms with Gasteiger partial charge in [0.15, 0.2) is 0 Å². The van der Waals surface area contributed by atoms with E-state index in [-0.39, 0.29) is 11.9 Å². The summed E-state index contributed by atoms with van der Waals surface area (Å²) in [5.74, 6) is 0.112. The number of halogens is 1. The molecule has 3 fully saturated rings. The molecule has 0 saturated carbocycles. The molecule has 1 unspecified atom stereocenters. The number of anilines is 2. The van der Waals surface area contributed by atoms with Crippen molar-refractivity contribution in [2.45, 2.75) is 44.6 Å². The Morgan fingerprint density at radius 3 is 2.71 bits per heavy atom. The second kappa shape index (κ2) is 10.3. The summed E-state index contributed by atoms with van der Waals surface area (Å²) >= 11 is 0. The Morgan fingerprint density at radius 2 is 1.97 bits per heavy atom. The summed E-state index contributed by atoms with van der Waals surface area (Å²) in [6.07, 6.45) is 6.12. The number of carbonyl (C=O) groups is 2. The Kier molecular flexibility index (Phi) is 7.27. The van der Waals surface area contributed by atoms with Gasteiger partial charge in [-0.1, -0.05) is 0 Å². The van der Waals surface area contributed by atoms with E-state index in [2.05, 4.69) is 4.90 Å². The lowest BCUT2D eigenvalue weighted by Gasteiger charge is -2.37. The molecule has 0 radical (unpaired) electrons. The van der Waals surface area contributed by atoms with Crippen LogP contribution in [0.2, 0.25) is 0 Å². The average molecular weight is 434 g/mol. The van der Waals surface area contributed by atoms with Crippen LogP contribution in [0.25, 0.3) is 0 Å². The Morgan fingerprint density at radius 1 is 1.13 bits per heavy atom. The third kappa shape index (κ3) is 5.29.